The standard InChI is InChI=1S/C12H12FN5O2/c13-10-3-7(11(14)18-20)1-2-8(10)4-15-12(19)9-5-16-17-6-9/h1-3,5-6,20H,4H2,(H2,14,18)(H,15,19)(H,16,17). The molecule has 1 aromatic heterocycles. The first-order chi connectivity index (χ1) is 9.61. The minimum absolute atomic E-state index is 0.0201. The monoisotopic (exact) mass is 277 g/mol. The van der Waals surface area contributed by atoms with Gasteiger partial charge in [0.25, 0.3) is 5.91 Å². The molecule has 0 unspecified atom stereocenters. The van der Waals surface area contributed by atoms with Crippen LogP contribution in [0.25, 0.3) is 0 Å². The lowest BCUT2D eigenvalue weighted by molar-refractivity contribution is 0.0950. The fourth-order valence-electron chi connectivity index (χ4n) is 1.56. The molecule has 8 heteroatoms. The number of nitrogens with one attached hydrogen (secondary N) is 2. The number of carbonyl (C=O) groups is 1. The zero-order valence-corrected chi connectivity index (χ0v) is 10.3. The van der Waals surface area contributed by atoms with Crippen molar-refractivity contribution in [3.63, 3.8) is 0 Å². The summed E-state index contributed by atoms with van der Waals surface area (Å²) >= 11 is 0. The predicted octanol–water partition coefficient (Wildman–Crippen LogP) is 0.573. The third-order valence-electron chi connectivity index (χ3n) is 2.66. The van der Waals surface area contributed by atoms with Gasteiger partial charge in [0, 0.05) is 23.9 Å². The number of nitrogens with zero attached hydrogens (tertiary/aromatic N) is 2. The number of H-pyrrole nitrogens is 1. The highest BCUT2D eigenvalue weighted by Crippen LogP contribution is 2.10. The van der Waals surface area contributed by atoms with Crippen molar-refractivity contribution in [2.24, 2.45) is 10.9 Å². The van der Waals surface area contributed by atoms with Crippen LogP contribution in [0.5, 0.6) is 0 Å². The van der Waals surface area contributed by atoms with Crippen molar-refractivity contribution in [1.29, 1.82) is 0 Å². The van der Waals surface area contributed by atoms with E-state index in [1.165, 1.54) is 24.5 Å². The highest BCUT2D eigenvalue weighted by atomic mass is 19.1. The Morgan fingerprint density at radius 2 is 2.30 bits per heavy atom. The number of benzene rings is 1. The number of oxime groups is 1. The van der Waals surface area contributed by atoms with Gasteiger partial charge in [-0.05, 0) is 6.07 Å². The minimum atomic E-state index is -0.554. The number of amidine groups is 1. The highest BCUT2D eigenvalue weighted by Gasteiger charge is 2.09. The Morgan fingerprint density at radius 1 is 1.50 bits per heavy atom. The van der Waals surface area contributed by atoms with Gasteiger partial charge in [-0.1, -0.05) is 17.3 Å². The van der Waals surface area contributed by atoms with E-state index < -0.39 is 5.82 Å². The van der Waals surface area contributed by atoms with Crippen molar-refractivity contribution in [2.75, 3.05) is 0 Å². The lowest BCUT2D eigenvalue weighted by atomic mass is 10.1. The summed E-state index contributed by atoms with van der Waals surface area (Å²) in [6.07, 6.45) is 2.81. The average Bonchev–Trinajstić information content (AvgIpc) is 2.99. The molecule has 1 heterocycles. The van der Waals surface area contributed by atoms with E-state index >= 15 is 0 Å². The van der Waals surface area contributed by atoms with E-state index in [1.807, 2.05) is 0 Å². The average molecular weight is 277 g/mol. The van der Waals surface area contributed by atoms with E-state index in [2.05, 4.69) is 20.7 Å². The molecule has 0 spiro atoms. The number of amides is 1. The molecule has 2 rings (SSSR count). The first kappa shape index (κ1) is 13.5. The second-order valence-electron chi connectivity index (χ2n) is 3.96. The highest BCUT2D eigenvalue weighted by molar-refractivity contribution is 5.97. The zero-order chi connectivity index (χ0) is 14.5. The van der Waals surface area contributed by atoms with Gasteiger partial charge in [-0.25, -0.2) is 4.39 Å². The Bertz CT molecular complexity index is 639. The van der Waals surface area contributed by atoms with Crippen LogP contribution >= 0.6 is 0 Å². The van der Waals surface area contributed by atoms with E-state index in [1.54, 1.807) is 0 Å². The number of hydrogen-bond acceptors (Lipinski definition) is 4. The van der Waals surface area contributed by atoms with Crippen LogP contribution in [0.1, 0.15) is 21.5 Å². The van der Waals surface area contributed by atoms with Gasteiger partial charge in [0.15, 0.2) is 5.84 Å². The van der Waals surface area contributed by atoms with Crippen LogP contribution in [0, 0.1) is 5.82 Å². The van der Waals surface area contributed by atoms with Crippen molar-refractivity contribution in [2.45, 2.75) is 6.54 Å². The van der Waals surface area contributed by atoms with Gasteiger partial charge in [-0.15, -0.1) is 0 Å². The quantitative estimate of drug-likeness (QED) is 0.283. The van der Waals surface area contributed by atoms with E-state index in [0.717, 1.165) is 6.07 Å². The number of aromatic nitrogens is 2. The minimum Gasteiger partial charge on any atom is -0.409 e. The molecule has 0 saturated heterocycles. The SMILES string of the molecule is NC(=NO)c1ccc(CNC(=O)c2cn[nH]c2)c(F)c1. The Labute approximate surface area is 113 Å². The summed E-state index contributed by atoms with van der Waals surface area (Å²) in [6.45, 7) is 0.0201. The summed E-state index contributed by atoms with van der Waals surface area (Å²) in [7, 11) is 0. The number of carbonyl (C=O) groups excluding carboxylic acids is 1. The topological polar surface area (TPSA) is 116 Å². The molecule has 0 radical (unpaired) electrons. The van der Waals surface area contributed by atoms with Crippen molar-refractivity contribution < 1.29 is 14.4 Å². The predicted molar refractivity (Wildman–Crippen MR) is 68.7 cm³/mol. The molecule has 0 atom stereocenters. The first-order valence-corrected chi connectivity index (χ1v) is 5.65. The molecule has 5 N–H and O–H groups in total. The Kier molecular flexibility index (Phi) is 3.94. The number of aromatic amines is 1. The summed E-state index contributed by atoms with van der Waals surface area (Å²) in [5, 5.41) is 20.0. The Hall–Kier alpha value is -2.90. The van der Waals surface area contributed by atoms with Crippen LogP contribution in [0.2, 0.25) is 0 Å². The van der Waals surface area contributed by atoms with Crippen LogP contribution in [0.4, 0.5) is 4.39 Å². The van der Waals surface area contributed by atoms with Gasteiger partial charge in [0.05, 0.1) is 11.8 Å². The van der Waals surface area contributed by atoms with Gasteiger partial charge >= 0.3 is 0 Å². The molecule has 2 aromatic rings. The van der Waals surface area contributed by atoms with Crippen LogP contribution in [-0.4, -0.2) is 27.1 Å². The lowest BCUT2D eigenvalue weighted by Crippen LogP contribution is -2.23. The third kappa shape index (κ3) is 2.91. The maximum Gasteiger partial charge on any atom is 0.254 e. The Morgan fingerprint density at radius 3 is 2.90 bits per heavy atom. The number of nitrogens with two attached hydrogens (primary N) is 1. The molecule has 7 nitrogen and oxygen atoms in total. The van der Waals surface area contributed by atoms with E-state index in [-0.39, 0.29) is 29.4 Å². The van der Waals surface area contributed by atoms with Crippen molar-refractivity contribution in [1.82, 2.24) is 15.5 Å². The molecule has 104 valence electrons. The van der Waals surface area contributed by atoms with Gasteiger partial charge < -0.3 is 16.3 Å². The number of hydrogen-bond donors (Lipinski definition) is 4. The third-order valence-corrected chi connectivity index (χ3v) is 2.66. The normalized spacial score (nSPS) is 11.3. The van der Waals surface area contributed by atoms with E-state index in [9.17, 15) is 9.18 Å². The molecule has 0 aliphatic heterocycles. The van der Waals surface area contributed by atoms with Crippen LogP contribution in [0.15, 0.2) is 35.7 Å². The van der Waals surface area contributed by atoms with Gasteiger partial charge in [-0.2, -0.15) is 5.10 Å². The van der Waals surface area contributed by atoms with Crippen molar-refractivity contribution in [3.8, 4) is 0 Å². The maximum absolute atomic E-state index is 13.8. The van der Waals surface area contributed by atoms with Crippen LogP contribution < -0.4 is 11.1 Å². The summed E-state index contributed by atoms with van der Waals surface area (Å²) < 4.78 is 13.8. The molecule has 1 amide bonds. The number of halogens is 1. The summed E-state index contributed by atoms with van der Waals surface area (Å²) in [5.74, 6) is -1.10. The molecule has 20 heavy (non-hydrogen) atoms. The van der Waals surface area contributed by atoms with Gasteiger partial charge in [-0.3, -0.25) is 9.89 Å². The van der Waals surface area contributed by atoms with Crippen LogP contribution in [0.3, 0.4) is 0 Å². The summed E-state index contributed by atoms with van der Waals surface area (Å²) in [5.41, 5.74) is 6.26. The molecular formula is C12H12FN5O2. The van der Waals surface area contributed by atoms with Crippen LogP contribution in [-0.2, 0) is 6.54 Å². The molecule has 0 saturated carbocycles. The van der Waals surface area contributed by atoms with Crippen molar-refractivity contribution in [3.05, 3.63) is 53.1 Å². The molecule has 1 aromatic carbocycles. The molecule has 0 aliphatic rings. The fraction of sp³-hybridized carbons (Fsp3) is 0.0833. The Balaban J connectivity index is 2.05. The lowest BCUT2D eigenvalue weighted by Gasteiger charge is -2.06. The summed E-state index contributed by atoms with van der Waals surface area (Å²) in [4.78, 5) is 11.6. The summed E-state index contributed by atoms with van der Waals surface area (Å²) in [6, 6.07) is 4.09. The fourth-order valence-corrected chi connectivity index (χ4v) is 1.56. The maximum atomic E-state index is 13.8. The van der Waals surface area contributed by atoms with Gasteiger partial charge in [0.1, 0.15) is 5.82 Å². The van der Waals surface area contributed by atoms with E-state index in [0.29, 0.717) is 5.56 Å². The second kappa shape index (κ2) is 5.83. The number of rotatable bonds is 4. The largest absolute Gasteiger partial charge is 0.409 e. The smallest absolute Gasteiger partial charge is 0.254 e. The first-order valence-electron chi connectivity index (χ1n) is 5.65. The van der Waals surface area contributed by atoms with Crippen molar-refractivity contribution >= 4 is 11.7 Å². The zero-order valence-electron chi connectivity index (χ0n) is 10.3. The molecule has 0 aliphatic carbocycles. The molecule has 0 fully saturated rings. The van der Waals surface area contributed by atoms with E-state index in [4.69, 9.17) is 10.9 Å². The second-order valence-corrected chi connectivity index (χ2v) is 3.96. The molecule has 0 bridgehead atoms. The molecular weight excluding hydrogens is 265 g/mol. The van der Waals surface area contributed by atoms with Gasteiger partial charge in [0.2, 0.25) is 0 Å².